The van der Waals surface area contributed by atoms with Crippen LogP contribution in [0.15, 0.2) is 24.1 Å². The van der Waals surface area contributed by atoms with E-state index in [4.69, 9.17) is 0 Å². The van der Waals surface area contributed by atoms with E-state index in [0.29, 0.717) is 12.3 Å². The van der Waals surface area contributed by atoms with Gasteiger partial charge in [-0.2, -0.15) is 0 Å². The topological polar surface area (TPSA) is 59.8 Å². The van der Waals surface area contributed by atoms with E-state index in [9.17, 15) is 4.79 Å². The van der Waals surface area contributed by atoms with Gasteiger partial charge in [0.05, 0.1) is 23.4 Å². The van der Waals surface area contributed by atoms with E-state index in [0.717, 1.165) is 17.2 Å². The summed E-state index contributed by atoms with van der Waals surface area (Å²) in [7, 11) is 0. The van der Waals surface area contributed by atoms with E-state index in [1.54, 1.807) is 23.9 Å². The molecule has 0 radical (unpaired) electrons. The van der Waals surface area contributed by atoms with E-state index in [1.165, 1.54) is 0 Å². The minimum Gasteiger partial charge on any atom is -0.352 e. The molecule has 0 aliphatic rings. The number of nitrogens with one attached hydrogen (secondary N) is 1. The van der Waals surface area contributed by atoms with E-state index >= 15 is 0 Å². The summed E-state index contributed by atoms with van der Waals surface area (Å²) < 4.78 is 1.95. The summed E-state index contributed by atoms with van der Waals surface area (Å²) in [6, 6.07) is 0.0694. The Balaban J connectivity index is 1.82. The average Bonchev–Trinajstić information content (AvgIpc) is 2.99. The van der Waals surface area contributed by atoms with Crippen molar-refractivity contribution in [3.63, 3.8) is 0 Å². The largest absolute Gasteiger partial charge is 0.352 e. The quantitative estimate of drug-likeness (QED) is 0.888. The summed E-state index contributed by atoms with van der Waals surface area (Å²) in [6.45, 7) is 6.92. The number of aromatic nitrogens is 3. The maximum absolute atomic E-state index is 12.0. The van der Waals surface area contributed by atoms with Crippen molar-refractivity contribution in [2.45, 2.75) is 45.7 Å². The van der Waals surface area contributed by atoms with Crippen LogP contribution >= 0.6 is 11.3 Å². The molecule has 1 atom stereocenters. The molecule has 2 heterocycles. The second-order valence-electron chi connectivity index (χ2n) is 5.24. The zero-order valence-electron chi connectivity index (χ0n) is 12.0. The first kappa shape index (κ1) is 14.7. The van der Waals surface area contributed by atoms with Gasteiger partial charge in [-0.25, -0.2) is 9.97 Å². The molecule has 0 spiro atoms. The average molecular weight is 292 g/mol. The number of thiazole rings is 1. The van der Waals surface area contributed by atoms with Crippen LogP contribution in [-0.2, 0) is 17.8 Å². The third kappa shape index (κ3) is 4.16. The molecule has 0 fully saturated rings. The highest BCUT2D eigenvalue weighted by Crippen LogP contribution is 2.19. The predicted octanol–water partition coefficient (Wildman–Crippen LogP) is 2.21. The van der Waals surface area contributed by atoms with Crippen molar-refractivity contribution in [1.29, 1.82) is 0 Å². The highest BCUT2D eigenvalue weighted by molar-refractivity contribution is 7.09. The summed E-state index contributed by atoms with van der Waals surface area (Å²) in [5, 5.41) is 6.03. The zero-order valence-corrected chi connectivity index (χ0v) is 12.9. The van der Waals surface area contributed by atoms with Gasteiger partial charge in [0.15, 0.2) is 0 Å². The molecule has 0 unspecified atom stereocenters. The molecule has 0 aliphatic carbocycles. The van der Waals surface area contributed by atoms with Gasteiger partial charge >= 0.3 is 0 Å². The lowest BCUT2D eigenvalue weighted by Crippen LogP contribution is -2.36. The van der Waals surface area contributed by atoms with Gasteiger partial charge in [0, 0.05) is 36.3 Å². The fraction of sp³-hybridized carbons (Fsp3) is 0.500. The van der Waals surface area contributed by atoms with Crippen molar-refractivity contribution in [3.8, 4) is 0 Å². The summed E-state index contributed by atoms with van der Waals surface area (Å²) in [5.41, 5.74) is 0.853. The molecular weight excluding hydrogens is 272 g/mol. The maximum Gasteiger partial charge on any atom is 0.226 e. The predicted molar refractivity (Wildman–Crippen MR) is 79.7 cm³/mol. The minimum atomic E-state index is 0.0122. The molecule has 0 saturated heterocycles. The number of carbonyl (C=O) groups is 1. The highest BCUT2D eigenvalue weighted by Gasteiger charge is 2.12. The SMILES string of the molecule is CC(C)c1nc(CC(=O)N[C@@H](C)Cn2ccnc2)cs1. The maximum atomic E-state index is 12.0. The van der Waals surface area contributed by atoms with Crippen molar-refractivity contribution in [2.24, 2.45) is 0 Å². The van der Waals surface area contributed by atoms with Gasteiger partial charge in [-0.05, 0) is 6.92 Å². The fourth-order valence-electron chi connectivity index (χ4n) is 1.92. The van der Waals surface area contributed by atoms with Crippen molar-refractivity contribution < 1.29 is 4.79 Å². The molecule has 20 heavy (non-hydrogen) atoms. The monoisotopic (exact) mass is 292 g/mol. The molecule has 0 bridgehead atoms. The van der Waals surface area contributed by atoms with Crippen LogP contribution in [0.25, 0.3) is 0 Å². The van der Waals surface area contributed by atoms with Crippen molar-refractivity contribution in [2.75, 3.05) is 0 Å². The Morgan fingerprint density at radius 3 is 2.85 bits per heavy atom. The first-order chi connectivity index (χ1) is 9.54. The van der Waals surface area contributed by atoms with Crippen LogP contribution in [0.4, 0.5) is 0 Å². The highest BCUT2D eigenvalue weighted by atomic mass is 32.1. The van der Waals surface area contributed by atoms with Gasteiger partial charge in [0.2, 0.25) is 5.91 Å². The Morgan fingerprint density at radius 2 is 2.25 bits per heavy atom. The molecule has 1 amide bonds. The number of amides is 1. The molecular formula is C14H20N4OS. The van der Waals surface area contributed by atoms with Gasteiger partial charge in [-0.1, -0.05) is 13.8 Å². The summed E-state index contributed by atoms with van der Waals surface area (Å²) >= 11 is 1.62. The van der Waals surface area contributed by atoms with E-state index in [-0.39, 0.29) is 11.9 Å². The van der Waals surface area contributed by atoms with Crippen molar-refractivity contribution >= 4 is 17.2 Å². The van der Waals surface area contributed by atoms with Gasteiger partial charge < -0.3 is 9.88 Å². The number of hydrogen-bond acceptors (Lipinski definition) is 4. The molecule has 0 aromatic carbocycles. The Kier molecular flexibility index (Phi) is 4.89. The second kappa shape index (κ2) is 6.65. The van der Waals surface area contributed by atoms with Crippen LogP contribution in [0.3, 0.4) is 0 Å². The van der Waals surface area contributed by atoms with Gasteiger partial charge in [0.25, 0.3) is 0 Å². The van der Waals surface area contributed by atoms with Crippen LogP contribution in [0.1, 0.15) is 37.4 Å². The molecule has 108 valence electrons. The fourth-order valence-corrected chi connectivity index (χ4v) is 2.75. The van der Waals surface area contributed by atoms with Crippen LogP contribution in [0, 0.1) is 0 Å². The molecule has 0 saturated carbocycles. The van der Waals surface area contributed by atoms with Gasteiger partial charge in [0.1, 0.15) is 0 Å². The molecule has 2 aromatic rings. The number of hydrogen-bond donors (Lipinski definition) is 1. The molecule has 6 heteroatoms. The number of imidazole rings is 1. The van der Waals surface area contributed by atoms with Crippen LogP contribution in [-0.4, -0.2) is 26.5 Å². The van der Waals surface area contributed by atoms with Crippen LogP contribution in [0.5, 0.6) is 0 Å². The van der Waals surface area contributed by atoms with Crippen LogP contribution < -0.4 is 5.32 Å². The number of nitrogens with zero attached hydrogens (tertiary/aromatic N) is 3. The second-order valence-corrected chi connectivity index (χ2v) is 6.13. The van der Waals surface area contributed by atoms with E-state index < -0.39 is 0 Å². The third-order valence-corrected chi connectivity index (χ3v) is 4.05. The van der Waals surface area contributed by atoms with Crippen molar-refractivity contribution in [3.05, 3.63) is 34.8 Å². The zero-order chi connectivity index (χ0) is 14.5. The van der Waals surface area contributed by atoms with E-state index in [2.05, 4.69) is 29.1 Å². The Hall–Kier alpha value is -1.69. The van der Waals surface area contributed by atoms with Gasteiger partial charge in [-0.15, -0.1) is 11.3 Å². The minimum absolute atomic E-state index is 0.0122. The van der Waals surface area contributed by atoms with Crippen LogP contribution in [0.2, 0.25) is 0 Å². The molecule has 2 aromatic heterocycles. The first-order valence-corrected chi connectivity index (χ1v) is 7.62. The number of carbonyl (C=O) groups excluding carboxylic acids is 1. The van der Waals surface area contributed by atoms with Crippen molar-refractivity contribution in [1.82, 2.24) is 19.9 Å². The lowest BCUT2D eigenvalue weighted by molar-refractivity contribution is -0.121. The Morgan fingerprint density at radius 1 is 1.45 bits per heavy atom. The lowest BCUT2D eigenvalue weighted by atomic mass is 10.2. The number of rotatable bonds is 6. The Labute approximate surface area is 123 Å². The molecule has 2 rings (SSSR count). The lowest BCUT2D eigenvalue weighted by Gasteiger charge is -2.13. The standard InChI is InChI=1S/C14H20N4OS/c1-10(2)14-17-12(8-20-14)6-13(19)16-11(3)7-18-5-4-15-9-18/h4-5,8-11H,6-7H2,1-3H3,(H,16,19)/t11-/m0/s1. The Bertz CT molecular complexity index is 547. The molecule has 1 N–H and O–H groups in total. The molecule has 0 aliphatic heterocycles. The summed E-state index contributed by atoms with van der Waals surface area (Å²) in [5.74, 6) is 0.426. The van der Waals surface area contributed by atoms with Gasteiger partial charge in [-0.3, -0.25) is 4.79 Å². The summed E-state index contributed by atoms with van der Waals surface area (Å²) in [4.78, 5) is 20.4. The smallest absolute Gasteiger partial charge is 0.226 e. The normalized spacial score (nSPS) is 12.6. The summed E-state index contributed by atoms with van der Waals surface area (Å²) in [6.07, 6.45) is 5.71. The third-order valence-electron chi connectivity index (χ3n) is 2.86. The molecule has 5 nitrogen and oxygen atoms in total. The first-order valence-electron chi connectivity index (χ1n) is 6.74. The van der Waals surface area contributed by atoms with E-state index in [1.807, 2.05) is 23.1 Å².